The predicted molar refractivity (Wildman–Crippen MR) is 91.0 cm³/mol. The first-order valence-corrected chi connectivity index (χ1v) is 8.38. The molecule has 0 N–H and O–H groups in total. The number of hydrogen-bond acceptors (Lipinski definition) is 4. The highest BCUT2D eigenvalue weighted by atomic mass is 16.5. The van der Waals surface area contributed by atoms with Gasteiger partial charge in [0.05, 0.1) is 19.6 Å². The van der Waals surface area contributed by atoms with Crippen molar-refractivity contribution in [3.05, 3.63) is 41.5 Å². The van der Waals surface area contributed by atoms with E-state index in [0.717, 1.165) is 42.3 Å². The Kier molecular flexibility index (Phi) is 4.83. The minimum Gasteiger partial charge on any atom is -0.496 e. The maximum absolute atomic E-state index is 12.7. The fraction of sp³-hybridized carbons (Fsp3) is 0.500. The summed E-state index contributed by atoms with van der Waals surface area (Å²) in [5.74, 6) is 2.60. The van der Waals surface area contributed by atoms with Crippen LogP contribution in [-0.2, 0) is 11.2 Å². The molecule has 1 atom stereocenters. The summed E-state index contributed by atoms with van der Waals surface area (Å²) in [6.45, 7) is 5.36. The monoisotopic (exact) mass is 328 g/mol. The zero-order valence-corrected chi connectivity index (χ0v) is 14.5. The number of carbonyl (C=O) groups excluding carboxylic acids is 1. The number of likely N-dealkylation sites (tertiary alicyclic amines) is 1. The molecule has 3 rings (SSSR count). The fourth-order valence-electron chi connectivity index (χ4n) is 3.39. The molecule has 1 amide bonds. The van der Waals surface area contributed by atoms with Gasteiger partial charge in [0.1, 0.15) is 17.4 Å². The lowest BCUT2D eigenvalue weighted by molar-refractivity contribution is -0.132. The number of amides is 1. The molecule has 0 radical (unpaired) electrons. The topological polar surface area (TPSA) is 60.2 Å². The van der Waals surface area contributed by atoms with Gasteiger partial charge in [-0.15, -0.1) is 0 Å². The smallest absolute Gasteiger partial charge is 0.227 e. The van der Waals surface area contributed by atoms with Gasteiger partial charge in [-0.1, -0.05) is 18.2 Å². The zero-order valence-electron chi connectivity index (χ0n) is 14.5. The Labute approximate surface area is 142 Å². The second-order valence-electron chi connectivity index (χ2n) is 6.28. The number of aryl methyl sites for hydroxylation is 2. The van der Waals surface area contributed by atoms with Crippen LogP contribution < -0.4 is 4.74 Å². The van der Waals surface area contributed by atoms with Gasteiger partial charge < -0.3 is 9.64 Å². The molecule has 2 heterocycles. The number of ether oxygens (including phenoxy) is 1. The summed E-state index contributed by atoms with van der Waals surface area (Å²) in [6, 6.07) is 7.90. The van der Waals surface area contributed by atoms with E-state index in [9.17, 15) is 4.79 Å². The molecule has 6 nitrogen and oxygen atoms in total. The highest BCUT2D eigenvalue weighted by Crippen LogP contribution is 2.24. The Morgan fingerprint density at radius 3 is 2.83 bits per heavy atom. The number of nitrogens with zero attached hydrogens (tertiary/aromatic N) is 4. The second kappa shape index (κ2) is 7.03. The van der Waals surface area contributed by atoms with E-state index in [4.69, 9.17) is 4.74 Å². The van der Waals surface area contributed by atoms with Crippen molar-refractivity contribution in [2.24, 2.45) is 0 Å². The van der Waals surface area contributed by atoms with E-state index in [1.807, 2.05) is 47.7 Å². The highest BCUT2D eigenvalue weighted by Gasteiger charge is 2.27. The number of carbonyl (C=O) groups is 1. The molecule has 6 heteroatoms. The van der Waals surface area contributed by atoms with Crippen LogP contribution in [0.4, 0.5) is 0 Å². The average molecular weight is 328 g/mol. The first-order valence-electron chi connectivity index (χ1n) is 8.38. The lowest BCUT2D eigenvalue weighted by atomic mass is 10.0. The van der Waals surface area contributed by atoms with Gasteiger partial charge in [0, 0.05) is 18.7 Å². The van der Waals surface area contributed by atoms with Crippen molar-refractivity contribution < 1.29 is 9.53 Å². The molecule has 0 bridgehead atoms. The number of hydrogen-bond donors (Lipinski definition) is 0. The molecule has 128 valence electrons. The number of methoxy groups -OCH3 is 1. The molecule has 2 aromatic rings. The van der Waals surface area contributed by atoms with Crippen LogP contribution in [0.15, 0.2) is 24.3 Å². The van der Waals surface area contributed by atoms with Gasteiger partial charge in [0.15, 0.2) is 0 Å². The minimum atomic E-state index is 0.138. The van der Waals surface area contributed by atoms with Crippen molar-refractivity contribution in [3.8, 4) is 5.75 Å². The van der Waals surface area contributed by atoms with Crippen molar-refractivity contribution in [3.63, 3.8) is 0 Å². The number of piperidine rings is 1. The van der Waals surface area contributed by atoms with Gasteiger partial charge in [0.2, 0.25) is 5.91 Å². The molecule has 1 fully saturated rings. The Bertz CT molecular complexity index is 726. The van der Waals surface area contributed by atoms with Gasteiger partial charge in [-0.3, -0.25) is 4.79 Å². The van der Waals surface area contributed by atoms with Gasteiger partial charge in [-0.05, 0) is 32.8 Å². The van der Waals surface area contributed by atoms with Crippen LogP contribution in [0.3, 0.4) is 0 Å². The van der Waals surface area contributed by atoms with Crippen LogP contribution >= 0.6 is 0 Å². The van der Waals surface area contributed by atoms with Crippen LogP contribution in [0, 0.1) is 13.8 Å². The third kappa shape index (κ3) is 3.42. The van der Waals surface area contributed by atoms with Crippen molar-refractivity contribution in [2.75, 3.05) is 20.2 Å². The minimum absolute atomic E-state index is 0.138. The molecule has 0 aliphatic carbocycles. The summed E-state index contributed by atoms with van der Waals surface area (Å²) in [7, 11) is 1.63. The number of benzene rings is 1. The Hall–Kier alpha value is -2.37. The molecular formula is C18H24N4O2. The molecule has 1 unspecified atom stereocenters. The standard InChI is InChI=1S/C18H24N4O2/c1-13-19-14(2)22(20-13)16-8-6-10-21(12-16)18(23)11-15-7-4-5-9-17(15)24-3/h4-5,7,9,16H,6,8,10-12H2,1-3H3. The van der Waals surface area contributed by atoms with Crippen LogP contribution in [0.5, 0.6) is 5.75 Å². The van der Waals surface area contributed by atoms with Crippen molar-refractivity contribution in [2.45, 2.75) is 39.2 Å². The van der Waals surface area contributed by atoms with Gasteiger partial charge >= 0.3 is 0 Å². The Morgan fingerprint density at radius 1 is 1.33 bits per heavy atom. The molecule has 1 aliphatic rings. The maximum Gasteiger partial charge on any atom is 0.227 e. The number of para-hydroxylation sites is 1. The van der Waals surface area contributed by atoms with Gasteiger partial charge in [-0.2, -0.15) is 5.10 Å². The zero-order chi connectivity index (χ0) is 17.1. The van der Waals surface area contributed by atoms with Crippen LogP contribution in [0.1, 0.15) is 36.1 Å². The van der Waals surface area contributed by atoms with E-state index in [1.54, 1.807) is 7.11 Å². The Morgan fingerprint density at radius 2 is 2.12 bits per heavy atom. The van der Waals surface area contributed by atoms with Crippen LogP contribution in [-0.4, -0.2) is 45.8 Å². The maximum atomic E-state index is 12.7. The molecule has 1 aromatic heterocycles. The van der Waals surface area contributed by atoms with Crippen molar-refractivity contribution >= 4 is 5.91 Å². The van der Waals surface area contributed by atoms with Crippen molar-refractivity contribution in [1.29, 1.82) is 0 Å². The van der Waals surface area contributed by atoms with E-state index in [-0.39, 0.29) is 11.9 Å². The van der Waals surface area contributed by atoms with E-state index in [0.29, 0.717) is 13.0 Å². The summed E-state index contributed by atoms with van der Waals surface area (Å²) >= 11 is 0. The second-order valence-corrected chi connectivity index (χ2v) is 6.28. The predicted octanol–water partition coefficient (Wildman–Crippen LogP) is 2.31. The normalized spacial score (nSPS) is 17.8. The van der Waals surface area contributed by atoms with Crippen molar-refractivity contribution in [1.82, 2.24) is 19.7 Å². The SMILES string of the molecule is COc1ccccc1CC(=O)N1CCCC(n2nc(C)nc2C)C1. The van der Waals surface area contributed by atoms with Gasteiger partial charge in [0.25, 0.3) is 0 Å². The lowest BCUT2D eigenvalue weighted by Crippen LogP contribution is -2.42. The molecular weight excluding hydrogens is 304 g/mol. The number of aromatic nitrogens is 3. The summed E-state index contributed by atoms with van der Waals surface area (Å²) in [5.41, 5.74) is 0.930. The first kappa shape index (κ1) is 16.5. The van der Waals surface area contributed by atoms with E-state index in [2.05, 4.69) is 10.1 Å². The van der Waals surface area contributed by atoms with Crippen LogP contribution in [0.25, 0.3) is 0 Å². The molecule has 1 aromatic carbocycles. The van der Waals surface area contributed by atoms with E-state index >= 15 is 0 Å². The molecule has 24 heavy (non-hydrogen) atoms. The quantitative estimate of drug-likeness (QED) is 0.864. The molecule has 1 aliphatic heterocycles. The summed E-state index contributed by atoms with van der Waals surface area (Å²) in [6.07, 6.45) is 2.38. The third-order valence-electron chi connectivity index (χ3n) is 4.54. The largest absolute Gasteiger partial charge is 0.496 e. The van der Waals surface area contributed by atoms with Gasteiger partial charge in [-0.25, -0.2) is 9.67 Å². The molecule has 0 saturated carbocycles. The summed E-state index contributed by atoms with van der Waals surface area (Å²) < 4.78 is 7.32. The van der Waals surface area contributed by atoms with E-state index < -0.39 is 0 Å². The van der Waals surface area contributed by atoms with E-state index in [1.165, 1.54) is 0 Å². The highest BCUT2D eigenvalue weighted by molar-refractivity contribution is 5.79. The Balaban J connectivity index is 1.70. The average Bonchev–Trinajstić information content (AvgIpc) is 2.94. The third-order valence-corrected chi connectivity index (χ3v) is 4.54. The number of rotatable bonds is 4. The fourth-order valence-corrected chi connectivity index (χ4v) is 3.39. The summed E-state index contributed by atoms with van der Waals surface area (Å²) in [5, 5.41) is 4.49. The molecule has 0 spiro atoms. The van der Waals surface area contributed by atoms with Crippen LogP contribution in [0.2, 0.25) is 0 Å². The first-order chi connectivity index (χ1) is 11.6. The summed E-state index contributed by atoms with van der Waals surface area (Å²) in [4.78, 5) is 19.0. The lowest BCUT2D eigenvalue weighted by Gasteiger charge is -2.33. The molecule has 1 saturated heterocycles.